The highest BCUT2D eigenvalue weighted by Crippen LogP contribution is 2.83. The summed E-state index contributed by atoms with van der Waals surface area (Å²) in [5, 5.41) is 11.2. The van der Waals surface area contributed by atoms with Crippen molar-refractivity contribution in [3.8, 4) is 0 Å². The topological polar surface area (TPSA) is 108 Å². The van der Waals surface area contributed by atoms with Crippen LogP contribution in [0.1, 0.15) is 48.0 Å². The Bertz CT molecular complexity index is 846. The summed E-state index contributed by atoms with van der Waals surface area (Å²) >= 11 is 0. The minimum Gasteiger partial charge on any atom is -0.462 e. The smallest absolute Gasteiger partial charge is 0.340 e. The Labute approximate surface area is 169 Å². The van der Waals surface area contributed by atoms with Gasteiger partial charge in [-0.25, -0.2) is 9.59 Å². The number of hydrogen-bond acceptors (Lipinski definition) is 8. The predicted octanol–water partition coefficient (Wildman–Crippen LogP) is 1.18. The molecule has 0 bridgehead atoms. The molecule has 2 saturated carbocycles. The van der Waals surface area contributed by atoms with E-state index in [1.807, 2.05) is 0 Å². The quantitative estimate of drug-likeness (QED) is 0.470. The van der Waals surface area contributed by atoms with Crippen molar-refractivity contribution in [2.45, 2.75) is 78.2 Å². The second-order valence-electron chi connectivity index (χ2n) is 10.5. The van der Waals surface area contributed by atoms with Crippen LogP contribution in [0.5, 0.6) is 0 Å². The zero-order chi connectivity index (χ0) is 20.0. The molecule has 2 spiro atoms. The molecule has 1 N–H and O–H groups in total. The van der Waals surface area contributed by atoms with Gasteiger partial charge in [-0.3, -0.25) is 4.79 Å². The first-order chi connectivity index (χ1) is 13.0. The second kappa shape index (κ2) is 4.97. The van der Waals surface area contributed by atoms with Crippen LogP contribution in [0.2, 0.25) is 0 Å². The largest absolute Gasteiger partial charge is 0.462 e. The van der Waals surface area contributed by atoms with E-state index < -0.39 is 64.8 Å². The van der Waals surface area contributed by atoms with Gasteiger partial charge in [0.1, 0.15) is 12.2 Å². The van der Waals surface area contributed by atoms with E-state index in [9.17, 15) is 19.5 Å². The minimum absolute atomic E-state index is 0. The van der Waals surface area contributed by atoms with E-state index in [4.69, 9.17) is 18.9 Å². The molecular formula is C21H28O8. The van der Waals surface area contributed by atoms with Gasteiger partial charge in [0.05, 0.1) is 16.7 Å². The van der Waals surface area contributed by atoms with Gasteiger partial charge in [-0.1, -0.05) is 35.1 Å². The fourth-order valence-electron chi connectivity index (χ4n) is 8.09. The van der Waals surface area contributed by atoms with Gasteiger partial charge in [0.2, 0.25) is 6.29 Å². The van der Waals surface area contributed by atoms with Gasteiger partial charge in [0.15, 0.2) is 11.7 Å². The third kappa shape index (κ3) is 1.55. The van der Waals surface area contributed by atoms with Gasteiger partial charge in [0.25, 0.3) is 0 Å². The number of aliphatic hydroxyl groups excluding tert-OH is 1. The summed E-state index contributed by atoms with van der Waals surface area (Å²) in [6.45, 7) is 7.90. The number of carbonyl (C=O) groups is 3. The number of ether oxygens (including phenoxy) is 4. The summed E-state index contributed by atoms with van der Waals surface area (Å²) in [5.74, 6) is -2.80. The van der Waals surface area contributed by atoms with Gasteiger partial charge >= 0.3 is 17.9 Å². The summed E-state index contributed by atoms with van der Waals surface area (Å²) in [7, 11) is 0. The molecule has 160 valence electrons. The zero-order valence-corrected chi connectivity index (χ0v) is 16.3. The van der Waals surface area contributed by atoms with Crippen LogP contribution in [0.4, 0.5) is 0 Å². The van der Waals surface area contributed by atoms with Gasteiger partial charge in [-0.2, -0.15) is 0 Å². The molecule has 0 aromatic carbocycles. The number of carbonyl (C=O) groups excluding carboxylic acids is 3. The molecule has 6 fully saturated rings. The van der Waals surface area contributed by atoms with E-state index in [1.54, 1.807) is 6.92 Å². The maximum atomic E-state index is 13.3. The number of aliphatic hydroxyl groups is 1. The number of hydrogen-bond donors (Lipinski definition) is 1. The van der Waals surface area contributed by atoms with E-state index >= 15 is 0 Å². The third-order valence-electron chi connectivity index (χ3n) is 8.76. The average molecular weight is 408 g/mol. The third-order valence-corrected chi connectivity index (χ3v) is 8.76. The molecule has 6 aliphatic rings. The van der Waals surface area contributed by atoms with Crippen molar-refractivity contribution >= 4 is 17.9 Å². The normalized spacial score (nSPS) is 56.2. The van der Waals surface area contributed by atoms with Crippen molar-refractivity contribution in [1.29, 1.82) is 0 Å². The van der Waals surface area contributed by atoms with Crippen LogP contribution in [-0.4, -0.2) is 53.2 Å². The molecule has 29 heavy (non-hydrogen) atoms. The Morgan fingerprint density at radius 1 is 1.07 bits per heavy atom. The summed E-state index contributed by atoms with van der Waals surface area (Å²) in [6, 6.07) is 0. The lowest BCUT2D eigenvalue weighted by Crippen LogP contribution is -2.59. The number of esters is 3. The van der Waals surface area contributed by atoms with Crippen LogP contribution in [-0.2, 0) is 33.3 Å². The molecule has 4 aliphatic heterocycles. The molecule has 10 atom stereocenters. The van der Waals surface area contributed by atoms with Gasteiger partial charge in [0, 0.05) is 5.92 Å². The Morgan fingerprint density at radius 2 is 1.76 bits per heavy atom. The monoisotopic (exact) mass is 408 g/mol. The van der Waals surface area contributed by atoms with Gasteiger partial charge in [-0.15, -0.1) is 0 Å². The first-order valence-electron chi connectivity index (χ1n) is 10.0. The maximum Gasteiger partial charge on any atom is 0.340 e. The van der Waals surface area contributed by atoms with Crippen LogP contribution in [0.15, 0.2) is 0 Å². The van der Waals surface area contributed by atoms with Gasteiger partial charge < -0.3 is 24.1 Å². The van der Waals surface area contributed by atoms with Gasteiger partial charge in [-0.05, 0) is 24.2 Å². The Morgan fingerprint density at radius 3 is 2.41 bits per heavy atom. The Hall–Kier alpha value is -1.67. The van der Waals surface area contributed by atoms with Crippen molar-refractivity contribution in [3.05, 3.63) is 0 Å². The molecule has 0 aromatic rings. The number of fused-ring (bicyclic) bond motifs is 1. The van der Waals surface area contributed by atoms with Crippen molar-refractivity contribution in [3.63, 3.8) is 0 Å². The maximum absolute atomic E-state index is 13.3. The van der Waals surface area contributed by atoms with Crippen LogP contribution < -0.4 is 0 Å². The first-order valence-corrected chi connectivity index (χ1v) is 10.0. The molecule has 8 heteroatoms. The highest BCUT2D eigenvalue weighted by Gasteiger charge is 2.97. The Kier molecular flexibility index (Phi) is 3.30. The molecular weight excluding hydrogens is 380 g/mol. The van der Waals surface area contributed by atoms with E-state index in [0.717, 1.165) is 0 Å². The molecule has 4 heterocycles. The van der Waals surface area contributed by atoms with E-state index in [0.29, 0.717) is 12.8 Å². The van der Waals surface area contributed by atoms with E-state index in [1.165, 1.54) is 0 Å². The predicted molar refractivity (Wildman–Crippen MR) is 95.9 cm³/mol. The average Bonchev–Trinajstić information content (AvgIpc) is 3.30. The standard InChI is InChI=1S/C20H24O8.CH4/c1-7-11-8(25-13(7)22)6-18-10-5-9(17(2,3)4)19(18)12(21)14(23)27-16(19)28-20(11,18)15(24)26-10;/h7-12,16,21H,5-6H2,1-4H3;1H4/t7-,8?,9+,10?,11+,12+,16+,18?,19?,20-;/m1./s1. The molecule has 6 rings (SSSR count). The lowest BCUT2D eigenvalue weighted by atomic mass is 9.52. The number of rotatable bonds is 0. The highest BCUT2D eigenvalue weighted by molar-refractivity contribution is 5.91. The highest BCUT2D eigenvalue weighted by atomic mass is 16.7. The molecule has 0 aromatic heterocycles. The fourth-order valence-corrected chi connectivity index (χ4v) is 8.09. The molecule has 8 nitrogen and oxygen atoms in total. The molecule has 0 radical (unpaired) electrons. The van der Waals surface area contributed by atoms with Crippen LogP contribution in [0.25, 0.3) is 0 Å². The second-order valence-corrected chi connectivity index (χ2v) is 10.5. The molecule has 4 unspecified atom stereocenters. The van der Waals surface area contributed by atoms with Crippen LogP contribution in [0, 0.1) is 34.0 Å². The Balaban J connectivity index is 0.00000181. The molecule has 0 amide bonds. The van der Waals surface area contributed by atoms with Crippen molar-refractivity contribution in [1.82, 2.24) is 0 Å². The van der Waals surface area contributed by atoms with E-state index in [-0.39, 0.29) is 24.7 Å². The van der Waals surface area contributed by atoms with Crippen LogP contribution in [0.3, 0.4) is 0 Å². The minimum atomic E-state index is -1.43. The lowest BCUT2D eigenvalue weighted by molar-refractivity contribution is -0.206. The van der Waals surface area contributed by atoms with Crippen LogP contribution >= 0.6 is 0 Å². The fraction of sp³-hybridized carbons (Fsp3) is 0.857. The first kappa shape index (κ1) is 19.3. The lowest BCUT2D eigenvalue weighted by Gasteiger charge is -2.46. The molecule has 2 aliphatic carbocycles. The van der Waals surface area contributed by atoms with E-state index in [2.05, 4.69) is 20.8 Å². The summed E-state index contributed by atoms with van der Waals surface area (Å²) in [6.07, 6.45) is -2.58. The summed E-state index contributed by atoms with van der Waals surface area (Å²) < 4.78 is 23.3. The SMILES string of the molecule is C.C[C@H]1C(=O)OC2CC34C5C[C@@H](C(C)(C)C)C36[C@@H](OC(=O)[C@@H]6O)O[C@@]4(C(=O)O5)[C@H]21. The van der Waals surface area contributed by atoms with Crippen molar-refractivity contribution in [2.24, 2.45) is 34.0 Å². The zero-order valence-electron chi connectivity index (χ0n) is 16.3. The molecule has 4 saturated heterocycles. The summed E-state index contributed by atoms with van der Waals surface area (Å²) in [5.41, 5.74) is -3.77. The summed E-state index contributed by atoms with van der Waals surface area (Å²) in [4.78, 5) is 38.0. The van der Waals surface area contributed by atoms with Crippen molar-refractivity contribution < 1.29 is 38.4 Å². The van der Waals surface area contributed by atoms with Crippen molar-refractivity contribution in [2.75, 3.05) is 0 Å².